The monoisotopic (exact) mass is 239 g/mol. The minimum absolute atomic E-state index is 0.189. The molecule has 3 heteroatoms. The Labute approximate surface area is 103 Å². The van der Waals surface area contributed by atoms with E-state index < -0.39 is 0 Å². The number of hydrogen-bond acceptors (Lipinski definition) is 2. The van der Waals surface area contributed by atoms with E-state index in [1.165, 1.54) is 12.1 Å². The van der Waals surface area contributed by atoms with Crippen LogP contribution in [-0.2, 0) is 6.42 Å². The van der Waals surface area contributed by atoms with E-state index in [9.17, 15) is 4.39 Å². The highest BCUT2D eigenvalue weighted by atomic mass is 19.1. The van der Waals surface area contributed by atoms with E-state index in [0.29, 0.717) is 6.04 Å². The van der Waals surface area contributed by atoms with Crippen LogP contribution in [0.15, 0.2) is 24.3 Å². The molecule has 1 rings (SSSR count). The molecule has 0 aliphatic carbocycles. The van der Waals surface area contributed by atoms with Crippen molar-refractivity contribution in [3.8, 4) is 0 Å². The van der Waals surface area contributed by atoms with E-state index in [4.69, 9.17) is 5.11 Å². The van der Waals surface area contributed by atoms with Crippen LogP contribution in [0.3, 0.4) is 0 Å². The second-order valence-electron chi connectivity index (χ2n) is 4.68. The van der Waals surface area contributed by atoms with Gasteiger partial charge in [0.15, 0.2) is 0 Å². The third-order valence-electron chi connectivity index (χ3n) is 2.75. The number of halogens is 1. The third kappa shape index (κ3) is 6.39. The molecule has 0 spiro atoms. The summed E-state index contributed by atoms with van der Waals surface area (Å²) < 4.78 is 12.7. The smallest absolute Gasteiger partial charge is 0.123 e. The molecule has 1 aromatic carbocycles. The van der Waals surface area contributed by atoms with Gasteiger partial charge >= 0.3 is 0 Å². The van der Waals surface area contributed by atoms with Crippen LogP contribution in [-0.4, -0.2) is 23.8 Å². The first-order valence-electron chi connectivity index (χ1n) is 6.24. The van der Waals surface area contributed by atoms with Crippen molar-refractivity contribution in [2.75, 3.05) is 6.54 Å². The Morgan fingerprint density at radius 1 is 1.24 bits per heavy atom. The Bertz CT molecular complexity index is 311. The van der Waals surface area contributed by atoms with Crippen LogP contribution >= 0.6 is 0 Å². The van der Waals surface area contributed by atoms with E-state index >= 15 is 0 Å². The lowest BCUT2D eigenvalue weighted by Gasteiger charge is -2.14. The van der Waals surface area contributed by atoms with Gasteiger partial charge in [0, 0.05) is 6.04 Å². The molecule has 2 N–H and O–H groups in total. The second-order valence-corrected chi connectivity index (χ2v) is 4.68. The van der Waals surface area contributed by atoms with Gasteiger partial charge < -0.3 is 10.4 Å². The molecule has 2 unspecified atom stereocenters. The van der Waals surface area contributed by atoms with Crippen molar-refractivity contribution in [3.63, 3.8) is 0 Å². The third-order valence-corrected chi connectivity index (χ3v) is 2.75. The zero-order valence-corrected chi connectivity index (χ0v) is 10.6. The highest BCUT2D eigenvalue weighted by Crippen LogP contribution is 2.05. The predicted octanol–water partition coefficient (Wildman–Crippen LogP) is 2.51. The lowest BCUT2D eigenvalue weighted by atomic mass is 10.1. The van der Waals surface area contributed by atoms with Gasteiger partial charge in [0.1, 0.15) is 5.82 Å². The molecule has 0 amide bonds. The van der Waals surface area contributed by atoms with Gasteiger partial charge in [0.2, 0.25) is 0 Å². The molecule has 96 valence electrons. The average molecular weight is 239 g/mol. The topological polar surface area (TPSA) is 32.3 Å². The van der Waals surface area contributed by atoms with Crippen LogP contribution in [0.5, 0.6) is 0 Å². The summed E-state index contributed by atoms with van der Waals surface area (Å²) in [6.45, 7) is 4.83. The molecule has 0 heterocycles. The van der Waals surface area contributed by atoms with Gasteiger partial charge in [-0.15, -0.1) is 0 Å². The van der Waals surface area contributed by atoms with Crippen LogP contribution in [0.2, 0.25) is 0 Å². The van der Waals surface area contributed by atoms with Crippen molar-refractivity contribution in [1.29, 1.82) is 0 Å². The summed E-state index contributed by atoms with van der Waals surface area (Å²) in [5.41, 5.74) is 1.14. The zero-order chi connectivity index (χ0) is 12.7. The summed E-state index contributed by atoms with van der Waals surface area (Å²) in [5.74, 6) is -0.189. The van der Waals surface area contributed by atoms with E-state index in [2.05, 4.69) is 12.2 Å². The van der Waals surface area contributed by atoms with Gasteiger partial charge in [-0.3, -0.25) is 0 Å². The van der Waals surface area contributed by atoms with E-state index in [1.54, 1.807) is 0 Å². The molecule has 0 aliphatic heterocycles. The molecular formula is C14H22FNO. The van der Waals surface area contributed by atoms with Gasteiger partial charge in [-0.2, -0.15) is 0 Å². The molecule has 0 bridgehead atoms. The molecule has 0 saturated heterocycles. The second kappa shape index (κ2) is 7.41. The maximum absolute atomic E-state index is 12.7. The average Bonchev–Trinajstić information content (AvgIpc) is 2.27. The molecular weight excluding hydrogens is 217 g/mol. The maximum atomic E-state index is 12.7. The van der Waals surface area contributed by atoms with Gasteiger partial charge in [-0.1, -0.05) is 12.1 Å². The molecule has 0 aromatic heterocycles. The summed E-state index contributed by atoms with van der Waals surface area (Å²) in [7, 11) is 0. The van der Waals surface area contributed by atoms with Crippen molar-refractivity contribution in [3.05, 3.63) is 35.6 Å². The molecule has 0 fully saturated rings. The summed E-state index contributed by atoms with van der Waals surface area (Å²) in [6.07, 6.45) is 2.49. The quantitative estimate of drug-likeness (QED) is 0.717. The number of rotatable bonds is 7. The Morgan fingerprint density at radius 3 is 2.47 bits per heavy atom. The van der Waals surface area contributed by atoms with Crippen LogP contribution in [0.1, 0.15) is 32.3 Å². The first-order valence-corrected chi connectivity index (χ1v) is 6.24. The first kappa shape index (κ1) is 14.1. The fraction of sp³-hybridized carbons (Fsp3) is 0.571. The van der Waals surface area contributed by atoms with Crippen LogP contribution in [0.4, 0.5) is 4.39 Å². The summed E-state index contributed by atoms with van der Waals surface area (Å²) in [4.78, 5) is 0. The number of benzene rings is 1. The Hall–Kier alpha value is -0.930. The molecule has 1 aromatic rings. The number of nitrogens with one attached hydrogen (secondary N) is 1. The van der Waals surface area contributed by atoms with Gasteiger partial charge in [0.05, 0.1) is 6.10 Å². The van der Waals surface area contributed by atoms with Crippen molar-refractivity contribution >= 4 is 0 Å². The molecule has 0 aliphatic rings. The lowest BCUT2D eigenvalue weighted by Crippen LogP contribution is -2.29. The minimum Gasteiger partial charge on any atom is -0.393 e. The van der Waals surface area contributed by atoms with Gasteiger partial charge in [-0.25, -0.2) is 4.39 Å². The zero-order valence-electron chi connectivity index (χ0n) is 10.6. The SMILES string of the molecule is CC(O)CCCNC(C)Cc1ccc(F)cc1. The standard InChI is InChI=1S/C14H22FNO/c1-11(16-9-3-4-12(2)17)10-13-5-7-14(15)8-6-13/h5-8,11-12,16-17H,3-4,9-10H2,1-2H3. The van der Waals surface area contributed by atoms with Crippen molar-refractivity contribution in [1.82, 2.24) is 5.32 Å². The Morgan fingerprint density at radius 2 is 1.88 bits per heavy atom. The number of aliphatic hydroxyl groups is 1. The van der Waals surface area contributed by atoms with Crippen molar-refractivity contribution in [2.45, 2.75) is 45.3 Å². The van der Waals surface area contributed by atoms with Crippen LogP contribution in [0, 0.1) is 5.82 Å². The van der Waals surface area contributed by atoms with Gasteiger partial charge in [0.25, 0.3) is 0 Å². The van der Waals surface area contributed by atoms with Crippen LogP contribution in [0.25, 0.3) is 0 Å². The predicted molar refractivity (Wildman–Crippen MR) is 68.5 cm³/mol. The Balaban J connectivity index is 2.20. The fourth-order valence-corrected chi connectivity index (χ4v) is 1.79. The maximum Gasteiger partial charge on any atom is 0.123 e. The fourth-order valence-electron chi connectivity index (χ4n) is 1.79. The van der Waals surface area contributed by atoms with E-state index in [0.717, 1.165) is 31.4 Å². The van der Waals surface area contributed by atoms with E-state index in [-0.39, 0.29) is 11.9 Å². The lowest BCUT2D eigenvalue weighted by molar-refractivity contribution is 0.181. The molecule has 2 atom stereocenters. The minimum atomic E-state index is -0.218. The number of hydrogen-bond donors (Lipinski definition) is 2. The molecule has 0 radical (unpaired) electrons. The summed E-state index contributed by atoms with van der Waals surface area (Å²) >= 11 is 0. The summed E-state index contributed by atoms with van der Waals surface area (Å²) in [5, 5.41) is 12.5. The van der Waals surface area contributed by atoms with Crippen molar-refractivity contribution < 1.29 is 9.50 Å². The normalized spacial score (nSPS) is 14.6. The largest absolute Gasteiger partial charge is 0.393 e. The van der Waals surface area contributed by atoms with Crippen LogP contribution < -0.4 is 5.32 Å². The Kier molecular flexibility index (Phi) is 6.16. The van der Waals surface area contributed by atoms with Crippen molar-refractivity contribution in [2.24, 2.45) is 0 Å². The van der Waals surface area contributed by atoms with E-state index in [1.807, 2.05) is 19.1 Å². The van der Waals surface area contributed by atoms with Gasteiger partial charge in [-0.05, 0) is 57.4 Å². The molecule has 2 nitrogen and oxygen atoms in total. The molecule has 0 saturated carbocycles. The highest BCUT2D eigenvalue weighted by molar-refractivity contribution is 5.16. The number of aliphatic hydroxyl groups excluding tert-OH is 1. The highest BCUT2D eigenvalue weighted by Gasteiger charge is 2.03. The first-order chi connectivity index (χ1) is 8.08. The summed E-state index contributed by atoms with van der Waals surface area (Å²) in [6, 6.07) is 7.01. The molecule has 17 heavy (non-hydrogen) atoms.